The van der Waals surface area contributed by atoms with Gasteiger partial charge in [0.1, 0.15) is 11.9 Å². The number of rotatable bonds is 0. The van der Waals surface area contributed by atoms with E-state index in [9.17, 15) is 40.2 Å². The zero-order valence-electron chi connectivity index (χ0n) is 14.5. The van der Waals surface area contributed by atoms with Crippen molar-refractivity contribution in [1.82, 2.24) is 0 Å². The average molecular weight is 376 g/mol. The predicted octanol–water partition coefficient (Wildman–Crippen LogP) is -0.885. The highest BCUT2D eigenvalue weighted by atomic mass is 16.4. The van der Waals surface area contributed by atoms with Crippen LogP contribution in [0, 0.1) is 5.92 Å². The fraction of sp³-hybridized carbons (Fsp3) is 0.474. The number of hydrogen-bond donors (Lipinski definition) is 6. The SMILES string of the molecule is C[C@H]1CC(=O)C2=C(C[C@H](O)[C@]3(O)[C@@H](O)c4c(O)cccc4C(=O)[C@]23O)[C@@H]1O. The lowest BCUT2D eigenvalue weighted by molar-refractivity contribution is -0.229. The van der Waals surface area contributed by atoms with Gasteiger partial charge in [-0.3, -0.25) is 9.59 Å². The second-order valence-corrected chi connectivity index (χ2v) is 7.68. The van der Waals surface area contributed by atoms with Crippen molar-refractivity contribution in [3.05, 3.63) is 40.5 Å². The first-order valence-electron chi connectivity index (χ1n) is 8.69. The Morgan fingerprint density at radius 2 is 1.74 bits per heavy atom. The number of phenols is 1. The van der Waals surface area contributed by atoms with Crippen molar-refractivity contribution in [2.45, 2.75) is 49.3 Å². The third kappa shape index (κ3) is 1.94. The fourth-order valence-electron chi connectivity index (χ4n) is 4.77. The summed E-state index contributed by atoms with van der Waals surface area (Å²) in [6.45, 7) is 1.62. The molecule has 0 bridgehead atoms. The van der Waals surface area contributed by atoms with E-state index >= 15 is 0 Å². The molecule has 0 saturated heterocycles. The van der Waals surface area contributed by atoms with Gasteiger partial charge in [0.25, 0.3) is 0 Å². The Balaban J connectivity index is 2.07. The van der Waals surface area contributed by atoms with E-state index in [1.165, 1.54) is 18.2 Å². The second-order valence-electron chi connectivity index (χ2n) is 7.68. The highest BCUT2D eigenvalue weighted by Crippen LogP contribution is 2.56. The third-order valence-electron chi connectivity index (χ3n) is 6.21. The van der Waals surface area contributed by atoms with Gasteiger partial charge < -0.3 is 30.6 Å². The topological polar surface area (TPSA) is 156 Å². The number of carbonyl (C=O) groups excluding carboxylic acids is 2. The summed E-state index contributed by atoms with van der Waals surface area (Å²) in [7, 11) is 0. The van der Waals surface area contributed by atoms with Crippen molar-refractivity contribution in [3.63, 3.8) is 0 Å². The normalized spacial score (nSPS) is 41.1. The Labute approximate surface area is 154 Å². The van der Waals surface area contributed by atoms with E-state index in [0.717, 1.165) is 0 Å². The van der Waals surface area contributed by atoms with Crippen LogP contribution in [0.5, 0.6) is 5.75 Å². The molecule has 3 aliphatic rings. The number of carbonyl (C=O) groups is 2. The van der Waals surface area contributed by atoms with Crippen LogP contribution in [0.3, 0.4) is 0 Å². The van der Waals surface area contributed by atoms with E-state index in [1.807, 2.05) is 0 Å². The van der Waals surface area contributed by atoms with Crippen LogP contribution in [0.15, 0.2) is 29.3 Å². The number of aromatic hydroxyl groups is 1. The fourth-order valence-corrected chi connectivity index (χ4v) is 4.77. The van der Waals surface area contributed by atoms with Crippen LogP contribution >= 0.6 is 0 Å². The monoisotopic (exact) mass is 376 g/mol. The lowest BCUT2D eigenvalue weighted by atomic mass is 9.54. The molecule has 1 aromatic carbocycles. The molecule has 6 atom stereocenters. The number of aliphatic hydroxyl groups excluding tert-OH is 3. The molecular formula is C19H20O8. The third-order valence-corrected chi connectivity index (χ3v) is 6.21. The van der Waals surface area contributed by atoms with Gasteiger partial charge in [0, 0.05) is 29.5 Å². The average Bonchev–Trinajstić information content (AvgIpc) is 2.61. The number of benzene rings is 1. The van der Waals surface area contributed by atoms with Crippen LogP contribution in [-0.4, -0.2) is 65.6 Å². The second kappa shape index (κ2) is 5.46. The molecule has 4 rings (SSSR count). The molecule has 0 spiro atoms. The Morgan fingerprint density at radius 3 is 2.41 bits per heavy atom. The van der Waals surface area contributed by atoms with Gasteiger partial charge in [0.2, 0.25) is 5.78 Å². The maximum absolute atomic E-state index is 13.2. The molecule has 1 aromatic rings. The molecule has 6 N–H and O–H groups in total. The molecule has 27 heavy (non-hydrogen) atoms. The molecule has 0 unspecified atom stereocenters. The zero-order chi connectivity index (χ0) is 19.9. The molecular weight excluding hydrogens is 356 g/mol. The minimum Gasteiger partial charge on any atom is -0.508 e. The first-order chi connectivity index (χ1) is 12.6. The minimum atomic E-state index is -2.95. The quantitative estimate of drug-likeness (QED) is 0.341. The van der Waals surface area contributed by atoms with E-state index in [2.05, 4.69) is 0 Å². The zero-order valence-corrected chi connectivity index (χ0v) is 14.5. The van der Waals surface area contributed by atoms with E-state index in [0.29, 0.717) is 0 Å². The van der Waals surface area contributed by atoms with Crippen molar-refractivity contribution in [2.24, 2.45) is 5.92 Å². The largest absolute Gasteiger partial charge is 0.508 e. The van der Waals surface area contributed by atoms with E-state index in [4.69, 9.17) is 0 Å². The van der Waals surface area contributed by atoms with E-state index in [1.54, 1.807) is 6.92 Å². The van der Waals surface area contributed by atoms with Crippen molar-refractivity contribution >= 4 is 11.6 Å². The minimum absolute atomic E-state index is 0.0115. The summed E-state index contributed by atoms with van der Waals surface area (Å²) in [6.07, 6.45) is -5.65. The van der Waals surface area contributed by atoms with Gasteiger partial charge in [-0.05, 0) is 17.6 Å². The van der Waals surface area contributed by atoms with Crippen molar-refractivity contribution < 1.29 is 40.2 Å². The van der Waals surface area contributed by atoms with Gasteiger partial charge in [-0.25, -0.2) is 0 Å². The van der Waals surface area contributed by atoms with Crippen LogP contribution in [0.25, 0.3) is 0 Å². The van der Waals surface area contributed by atoms with Crippen LogP contribution in [0.2, 0.25) is 0 Å². The number of aliphatic hydroxyl groups is 5. The standard InChI is InChI=1S/C19H20O8/c1-7-5-11(21)14-9(15(7)23)6-12(22)18(26)17(25)13-8(3-2-4-10(13)20)16(24)19(14,18)27/h2-4,7,12,15,17,20,22-23,25-27H,5-6H2,1H3/t7-,12-,15+,17-,18-,19+/m0/s1. The van der Waals surface area contributed by atoms with Gasteiger partial charge in [-0.15, -0.1) is 0 Å². The van der Waals surface area contributed by atoms with Crippen LogP contribution in [-0.2, 0) is 4.79 Å². The molecule has 3 aliphatic carbocycles. The Kier molecular flexibility index (Phi) is 3.70. The van der Waals surface area contributed by atoms with Gasteiger partial charge in [-0.1, -0.05) is 19.1 Å². The van der Waals surface area contributed by atoms with Gasteiger partial charge in [0.15, 0.2) is 17.0 Å². The molecule has 8 nitrogen and oxygen atoms in total. The van der Waals surface area contributed by atoms with Crippen molar-refractivity contribution in [1.29, 1.82) is 0 Å². The van der Waals surface area contributed by atoms with Gasteiger partial charge in [0.05, 0.1) is 12.2 Å². The van der Waals surface area contributed by atoms with Crippen molar-refractivity contribution in [3.8, 4) is 5.75 Å². The summed E-state index contributed by atoms with van der Waals surface area (Å²) in [5, 5.41) is 64.5. The van der Waals surface area contributed by atoms with Crippen LogP contribution in [0.1, 0.15) is 41.8 Å². The Bertz CT molecular complexity index is 905. The smallest absolute Gasteiger partial charge is 0.202 e. The molecule has 0 heterocycles. The summed E-state index contributed by atoms with van der Waals surface area (Å²) in [4.78, 5) is 25.9. The number of ketones is 2. The number of phenolic OH excluding ortho intramolecular Hbond substituents is 1. The number of Topliss-reactive ketones (excluding diaryl/α,β-unsaturated/α-hetero) is 2. The highest BCUT2D eigenvalue weighted by molar-refractivity contribution is 6.16. The molecule has 0 aliphatic heterocycles. The van der Waals surface area contributed by atoms with E-state index in [-0.39, 0.29) is 23.1 Å². The summed E-state index contributed by atoms with van der Waals surface area (Å²) in [5.74, 6) is -2.74. The summed E-state index contributed by atoms with van der Waals surface area (Å²) < 4.78 is 0. The molecule has 0 fully saturated rings. The maximum Gasteiger partial charge on any atom is 0.202 e. The molecule has 144 valence electrons. The predicted molar refractivity (Wildman–Crippen MR) is 89.7 cm³/mol. The summed E-state index contributed by atoms with van der Waals surface area (Å²) in [6, 6.07) is 3.76. The first-order valence-corrected chi connectivity index (χ1v) is 8.69. The molecule has 0 saturated carbocycles. The first kappa shape index (κ1) is 18.3. The van der Waals surface area contributed by atoms with Gasteiger partial charge >= 0.3 is 0 Å². The molecule has 0 amide bonds. The van der Waals surface area contributed by atoms with Crippen molar-refractivity contribution in [2.75, 3.05) is 0 Å². The Morgan fingerprint density at radius 1 is 1.07 bits per heavy atom. The molecule has 8 heteroatoms. The summed E-state index contributed by atoms with van der Waals surface area (Å²) >= 11 is 0. The molecule has 0 aromatic heterocycles. The van der Waals surface area contributed by atoms with Crippen LogP contribution in [0.4, 0.5) is 0 Å². The number of fused-ring (bicyclic) bond motifs is 3. The van der Waals surface area contributed by atoms with Crippen LogP contribution < -0.4 is 0 Å². The Hall–Kier alpha value is -2.10. The molecule has 0 radical (unpaired) electrons. The van der Waals surface area contributed by atoms with E-state index < -0.39 is 64.7 Å². The number of hydrogen-bond acceptors (Lipinski definition) is 8. The lowest BCUT2D eigenvalue weighted by Crippen LogP contribution is -2.74. The maximum atomic E-state index is 13.2. The lowest BCUT2D eigenvalue weighted by Gasteiger charge is -2.55. The summed E-state index contributed by atoms with van der Waals surface area (Å²) in [5.41, 5.74) is -6.88. The highest BCUT2D eigenvalue weighted by Gasteiger charge is 2.72. The van der Waals surface area contributed by atoms with Gasteiger partial charge in [-0.2, -0.15) is 0 Å².